The van der Waals surface area contributed by atoms with Crippen LogP contribution in [-0.4, -0.2) is 32.6 Å². The van der Waals surface area contributed by atoms with Crippen LogP contribution in [0.15, 0.2) is 66.0 Å². The number of para-hydroxylation sites is 2. The number of amides is 1. The minimum absolute atomic E-state index is 0.282. The van der Waals surface area contributed by atoms with Crippen LogP contribution in [0, 0.1) is 6.92 Å². The Morgan fingerprint density at radius 2 is 1.90 bits per heavy atom. The van der Waals surface area contributed by atoms with Gasteiger partial charge in [0.2, 0.25) is 5.16 Å². The molecule has 146 valence electrons. The first-order valence-electron chi connectivity index (χ1n) is 8.99. The molecule has 1 N–H and O–H groups in total. The number of carbonyl (C=O) groups is 1. The summed E-state index contributed by atoms with van der Waals surface area (Å²) in [6.45, 7) is 1.83. The highest BCUT2D eigenvalue weighted by Crippen LogP contribution is 2.24. The van der Waals surface area contributed by atoms with Gasteiger partial charge >= 0.3 is 0 Å². The Labute approximate surface area is 172 Å². The molecule has 0 aliphatic rings. The first-order valence-corrected chi connectivity index (χ1v) is 9.97. The van der Waals surface area contributed by atoms with Crippen LogP contribution in [0.1, 0.15) is 21.6 Å². The van der Waals surface area contributed by atoms with Crippen molar-refractivity contribution in [2.24, 2.45) is 0 Å². The summed E-state index contributed by atoms with van der Waals surface area (Å²) in [5.74, 6) is 1.54. The zero-order valence-corrected chi connectivity index (χ0v) is 16.8. The lowest BCUT2D eigenvalue weighted by atomic mass is 10.2. The first kappa shape index (κ1) is 18.9. The molecule has 0 atom stereocenters. The molecule has 4 aromatic rings. The van der Waals surface area contributed by atoms with Gasteiger partial charge in [0.1, 0.15) is 5.75 Å². The van der Waals surface area contributed by atoms with E-state index in [4.69, 9.17) is 4.74 Å². The van der Waals surface area contributed by atoms with Gasteiger partial charge in [-0.05, 0) is 24.6 Å². The molecule has 4 rings (SSSR count). The number of hydrogen-bond acceptors (Lipinski definition) is 6. The molecule has 2 heterocycles. The van der Waals surface area contributed by atoms with Gasteiger partial charge in [-0.2, -0.15) is 9.50 Å². The van der Waals surface area contributed by atoms with Crippen molar-refractivity contribution in [1.82, 2.24) is 19.6 Å². The number of nitrogens with zero attached hydrogens (tertiary/aromatic N) is 4. The normalized spacial score (nSPS) is 10.8. The monoisotopic (exact) mass is 405 g/mol. The highest BCUT2D eigenvalue weighted by molar-refractivity contribution is 7.98. The van der Waals surface area contributed by atoms with Crippen LogP contribution in [0.4, 0.5) is 5.69 Å². The molecule has 2 aromatic heterocycles. The van der Waals surface area contributed by atoms with Crippen molar-refractivity contribution in [3.8, 4) is 5.75 Å². The van der Waals surface area contributed by atoms with Gasteiger partial charge in [-0.15, -0.1) is 5.10 Å². The maximum Gasteiger partial charge on any atom is 0.259 e. The molecule has 29 heavy (non-hydrogen) atoms. The number of anilines is 1. The Kier molecular flexibility index (Phi) is 5.44. The van der Waals surface area contributed by atoms with Gasteiger partial charge in [0.15, 0.2) is 0 Å². The number of benzene rings is 2. The number of carbonyl (C=O) groups excluding carboxylic acids is 1. The summed E-state index contributed by atoms with van der Waals surface area (Å²) in [6, 6.07) is 17.4. The topological polar surface area (TPSA) is 81.4 Å². The predicted molar refractivity (Wildman–Crippen MR) is 112 cm³/mol. The number of hydrogen-bond donors (Lipinski definition) is 1. The molecule has 2 aromatic carbocycles. The lowest BCUT2D eigenvalue weighted by Gasteiger charge is -2.11. The van der Waals surface area contributed by atoms with Crippen molar-refractivity contribution >= 4 is 29.1 Å². The van der Waals surface area contributed by atoms with Crippen molar-refractivity contribution in [3.63, 3.8) is 0 Å². The molecule has 0 unspecified atom stereocenters. The largest absolute Gasteiger partial charge is 0.495 e. The lowest BCUT2D eigenvalue weighted by Crippen LogP contribution is -2.16. The fraction of sp³-hybridized carbons (Fsp3) is 0.143. The summed E-state index contributed by atoms with van der Waals surface area (Å²) in [5.41, 5.74) is 2.88. The number of nitrogens with one attached hydrogen (secondary N) is 1. The molecule has 0 bridgehead atoms. The molecule has 0 aliphatic carbocycles. The highest BCUT2D eigenvalue weighted by atomic mass is 32.2. The van der Waals surface area contributed by atoms with Crippen LogP contribution in [0.5, 0.6) is 5.75 Å². The van der Waals surface area contributed by atoms with Crippen LogP contribution in [0.2, 0.25) is 0 Å². The molecule has 0 aliphatic heterocycles. The summed E-state index contributed by atoms with van der Waals surface area (Å²) in [4.78, 5) is 21.6. The van der Waals surface area contributed by atoms with Crippen LogP contribution in [0.3, 0.4) is 0 Å². The quantitative estimate of drug-likeness (QED) is 0.489. The Hall–Kier alpha value is -3.39. The number of methoxy groups -OCH3 is 1. The van der Waals surface area contributed by atoms with E-state index in [0.29, 0.717) is 33.6 Å². The summed E-state index contributed by atoms with van der Waals surface area (Å²) in [6.07, 6.45) is 1.52. The van der Waals surface area contributed by atoms with Crippen LogP contribution < -0.4 is 10.1 Å². The molecule has 0 saturated carbocycles. The van der Waals surface area contributed by atoms with E-state index in [1.807, 2.05) is 37.3 Å². The van der Waals surface area contributed by atoms with E-state index < -0.39 is 0 Å². The molecule has 0 saturated heterocycles. The Balaban J connectivity index is 1.56. The second kappa shape index (κ2) is 8.32. The average molecular weight is 405 g/mol. The van der Waals surface area contributed by atoms with E-state index in [-0.39, 0.29) is 5.91 Å². The molecular weight excluding hydrogens is 386 g/mol. The van der Waals surface area contributed by atoms with Gasteiger partial charge in [0.05, 0.1) is 24.1 Å². The zero-order chi connectivity index (χ0) is 20.2. The van der Waals surface area contributed by atoms with Gasteiger partial charge < -0.3 is 10.1 Å². The molecular formula is C21H19N5O2S. The van der Waals surface area contributed by atoms with E-state index in [9.17, 15) is 4.79 Å². The number of aromatic nitrogens is 4. The number of rotatable bonds is 6. The highest BCUT2D eigenvalue weighted by Gasteiger charge is 2.17. The molecule has 0 fully saturated rings. The van der Waals surface area contributed by atoms with E-state index in [1.54, 1.807) is 23.8 Å². The van der Waals surface area contributed by atoms with Crippen molar-refractivity contribution in [2.75, 3.05) is 12.4 Å². The molecule has 8 heteroatoms. The SMILES string of the molecule is COc1ccccc1NC(=O)c1cnc2nc(SCc3ccccc3)nn2c1C. The molecule has 1 amide bonds. The van der Waals surface area contributed by atoms with Gasteiger partial charge in [-0.25, -0.2) is 4.98 Å². The van der Waals surface area contributed by atoms with Crippen LogP contribution in [-0.2, 0) is 5.75 Å². The van der Waals surface area contributed by atoms with E-state index in [0.717, 1.165) is 5.75 Å². The van der Waals surface area contributed by atoms with Gasteiger partial charge in [-0.1, -0.05) is 54.2 Å². The molecule has 7 nitrogen and oxygen atoms in total. The van der Waals surface area contributed by atoms with Crippen molar-refractivity contribution in [3.05, 3.63) is 77.6 Å². The summed E-state index contributed by atoms with van der Waals surface area (Å²) < 4.78 is 6.89. The molecule has 0 spiro atoms. The van der Waals surface area contributed by atoms with Crippen molar-refractivity contribution in [1.29, 1.82) is 0 Å². The third-order valence-corrected chi connectivity index (χ3v) is 5.31. The van der Waals surface area contributed by atoms with Gasteiger partial charge in [-0.3, -0.25) is 4.79 Å². The fourth-order valence-corrected chi connectivity index (χ4v) is 3.64. The van der Waals surface area contributed by atoms with E-state index in [2.05, 4.69) is 32.5 Å². The second-order valence-electron chi connectivity index (χ2n) is 6.29. The minimum atomic E-state index is -0.282. The maximum absolute atomic E-state index is 12.8. The fourth-order valence-electron chi connectivity index (χ4n) is 2.87. The number of aryl methyl sites for hydroxylation is 1. The predicted octanol–water partition coefficient (Wildman–Crippen LogP) is 3.99. The van der Waals surface area contributed by atoms with Crippen molar-refractivity contribution < 1.29 is 9.53 Å². The first-order chi connectivity index (χ1) is 14.2. The lowest BCUT2D eigenvalue weighted by molar-refractivity contribution is 0.102. The average Bonchev–Trinajstić information content (AvgIpc) is 3.18. The number of thioether (sulfide) groups is 1. The maximum atomic E-state index is 12.8. The summed E-state index contributed by atoms with van der Waals surface area (Å²) in [5, 5.41) is 8.00. The Morgan fingerprint density at radius 1 is 1.14 bits per heavy atom. The Morgan fingerprint density at radius 3 is 2.69 bits per heavy atom. The van der Waals surface area contributed by atoms with E-state index in [1.165, 1.54) is 23.5 Å². The number of fused-ring (bicyclic) bond motifs is 1. The number of ether oxygens (including phenoxy) is 1. The third kappa shape index (κ3) is 4.07. The van der Waals surface area contributed by atoms with E-state index >= 15 is 0 Å². The second-order valence-corrected chi connectivity index (χ2v) is 7.23. The van der Waals surface area contributed by atoms with Gasteiger partial charge in [0, 0.05) is 11.9 Å². The molecule has 0 radical (unpaired) electrons. The Bertz CT molecular complexity index is 1160. The third-order valence-electron chi connectivity index (χ3n) is 4.40. The summed E-state index contributed by atoms with van der Waals surface area (Å²) in [7, 11) is 1.56. The standard InChI is InChI=1S/C21H19N5O2S/c1-14-16(19(27)23-17-10-6-7-11-18(17)28-2)12-22-20-24-21(25-26(14)20)29-13-15-8-4-3-5-9-15/h3-12H,13H2,1-2H3,(H,23,27). The van der Waals surface area contributed by atoms with Gasteiger partial charge in [0.25, 0.3) is 11.7 Å². The smallest absolute Gasteiger partial charge is 0.259 e. The van der Waals surface area contributed by atoms with Crippen LogP contribution in [0.25, 0.3) is 5.78 Å². The van der Waals surface area contributed by atoms with Crippen molar-refractivity contribution in [2.45, 2.75) is 17.8 Å². The zero-order valence-electron chi connectivity index (χ0n) is 16.0. The van der Waals surface area contributed by atoms with Crippen LogP contribution >= 0.6 is 11.8 Å². The minimum Gasteiger partial charge on any atom is -0.495 e. The summed E-state index contributed by atoms with van der Waals surface area (Å²) >= 11 is 1.53.